The van der Waals surface area contributed by atoms with Crippen molar-refractivity contribution in [2.24, 2.45) is 0 Å². The van der Waals surface area contributed by atoms with E-state index in [1.54, 1.807) is 25.1 Å². The average molecular weight is 351 g/mol. The van der Waals surface area contributed by atoms with E-state index >= 15 is 0 Å². The van der Waals surface area contributed by atoms with E-state index in [4.69, 9.17) is 0 Å². The molecule has 0 aliphatic rings. The molecule has 0 aromatic heterocycles. The molecule has 0 spiro atoms. The first kappa shape index (κ1) is 17.8. The van der Waals surface area contributed by atoms with Gasteiger partial charge in [0.1, 0.15) is 0 Å². The lowest BCUT2D eigenvalue weighted by atomic mass is 10.2. The number of benzene rings is 1. The van der Waals surface area contributed by atoms with E-state index < -0.39 is 20.6 Å². The van der Waals surface area contributed by atoms with Crippen LogP contribution in [-0.4, -0.2) is 36.4 Å². The van der Waals surface area contributed by atoms with Crippen molar-refractivity contribution in [3.8, 4) is 0 Å². The first-order valence-electron chi connectivity index (χ1n) is 5.45. The van der Waals surface area contributed by atoms with Gasteiger partial charge < -0.3 is 9.47 Å². The number of aryl methyl sites for hydroxylation is 1. The summed E-state index contributed by atoms with van der Waals surface area (Å²) in [6.07, 6.45) is 0. The van der Waals surface area contributed by atoms with Gasteiger partial charge in [0.05, 0.1) is 43.0 Å². The average Bonchev–Trinajstić information content (AvgIpc) is 2.46. The van der Waals surface area contributed by atoms with Crippen LogP contribution in [0.2, 0.25) is 0 Å². The molecule has 1 aromatic carbocycles. The van der Waals surface area contributed by atoms with Crippen molar-refractivity contribution in [2.45, 2.75) is 11.8 Å². The summed E-state index contributed by atoms with van der Waals surface area (Å²) < 4.78 is 34.4. The molecule has 0 radical (unpaired) electrons. The van der Waals surface area contributed by atoms with Crippen LogP contribution in [0.3, 0.4) is 0 Å². The Bertz CT molecular complexity index is 613. The Hall–Kier alpha value is -1.23. The largest absolute Gasteiger partial charge is 0.460 e. The van der Waals surface area contributed by atoms with E-state index in [2.05, 4.69) is 9.47 Å². The van der Waals surface area contributed by atoms with Gasteiger partial charge in [-0.2, -0.15) is 0 Å². The minimum atomic E-state index is -4.08. The van der Waals surface area contributed by atoms with Crippen molar-refractivity contribution in [3.05, 3.63) is 29.8 Å². The topological polar surface area (TPSA) is 90.0 Å². The summed E-state index contributed by atoms with van der Waals surface area (Å²) in [7, 11) is -1.87. The maximum absolute atomic E-state index is 12.5. The number of sulfonamides is 1. The minimum Gasteiger partial charge on any atom is -0.460 e. The normalized spacial score (nSPS) is 11.2. The third kappa shape index (κ3) is 4.63. The number of carbonyl (C=O) groups excluding carboxylic acids is 2. The van der Waals surface area contributed by atoms with Crippen LogP contribution in [0.25, 0.3) is 0 Å². The fourth-order valence-electron chi connectivity index (χ4n) is 1.24. The fraction of sp³-hybridized carbons (Fsp3) is 0.273. The maximum Gasteiger partial charge on any atom is 0.384 e. The van der Waals surface area contributed by atoms with E-state index in [1.807, 2.05) is 0 Å². The molecule has 0 N–H and O–H groups in total. The van der Waals surface area contributed by atoms with Gasteiger partial charge in [-0.25, -0.2) is 18.0 Å². The zero-order valence-corrected chi connectivity index (χ0v) is 13.9. The number of carbonyl (C=O) groups is 2. The van der Waals surface area contributed by atoms with Crippen LogP contribution >= 0.6 is 23.9 Å². The second-order valence-electron chi connectivity index (χ2n) is 3.55. The highest BCUT2D eigenvalue weighted by atomic mass is 32.3. The van der Waals surface area contributed by atoms with Gasteiger partial charge in [0, 0.05) is 0 Å². The molecule has 0 atom stereocenters. The summed E-state index contributed by atoms with van der Waals surface area (Å²) in [6.45, 7) is 1.61. The third-order valence-electron chi connectivity index (χ3n) is 2.20. The van der Waals surface area contributed by atoms with Crippen molar-refractivity contribution in [1.29, 1.82) is 0 Å². The number of ether oxygens (including phenoxy) is 2. The van der Waals surface area contributed by atoms with Gasteiger partial charge >= 0.3 is 10.6 Å². The molecule has 0 amide bonds. The first-order valence-corrected chi connectivity index (χ1v) is 8.44. The second kappa shape index (κ2) is 7.69. The van der Waals surface area contributed by atoms with Gasteiger partial charge in [0.25, 0.3) is 10.0 Å². The molecular weight excluding hydrogens is 338 g/mol. The van der Waals surface area contributed by atoms with E-state index in [0.717, 1.165) is 14.2 Å². The van der Waals surface area contributed by atoms with Gasteiger partial charge in [-0.3, -0.25) is 0 Å². The monoisotopic (exact) mass is 351 g/mol. The number of hydrogen-bond donors (Lipinski definition) is 0. The molecule has 1 rings (SSSR count). The molecular formula is C11H13NO6S3. The Morgan fingerprint density at radius 2 is 1.52 bits per heavy atom. The molecule has 0 bridgehead atoms. The number of methoxy groups -OCH3 is 2. The highest BCUT2D eigenvalue weighted by molar-refractivity contribution is 8.32. The quantitative estimate of drug-likeness (QED) is 0.604. The molecule has 21 heavy (non-hydrogen) atoms. The smallest absolute Gasteiger partial charge is 0.384 e. The summed E-state index contributed by atoms with van der Waals surface area (Å²) in [5.41, 5.74) is 0.485. The zero-order chi connectivity index (χ0) is 16.0. The SMILES string of the molecule is COC(=O)SN(SC(=O)OC)S(=O)(=O)c1ccccc1C. The Kier molecular flexibility index (Phi) is 6.52. The van der Waals surface area contributed by atoms with Crippen molar-refractivity contribution in [3.63, 3.8) is 0 Å². The molecule has 116 valence electrons. The first-order chi connectivity index (χ1) is 9.82. The molecule has 1 aromatic rings. The minimum absolute atomic E-state index is 0.0159. The highest BCUT2D eigenvalue weighted by Crippen LogP contribution is 2.33. The van der Waals surface area contributed by atoms with Gasteiger partial charge in [-0.15, -0.1) is 0 Å². The predicted octanol–water partition coefficient (Wildman–Crippen LogP) is 2.81. The van der Waals surface area contributed by atoms with Crippen LogP contribution in [-0.2, 0) is 19.5 Å². The maximum atomic E-state index is 12.5. The van der Waals surface area contributed by atoms with E-state index in [0.29, 0.717) is 8.68 Å². The van der Waals surface area contributed by atoms with E-state index in [-0.39, 0.29) is 28.8 Å². The van der Waals surface area contributed by atoms with Crippen LogP contribution < -0.4 is 0 Å². The van der Waals surface area contributed by atoms with Crippen LogP contribution in [0.1, 0.15) is 5.56 Å². The Morgan fingerprint density at radius 3 is 1.95 bits per heavy atom. The molecule has 0 aliphatic carbocycles. The predicted molar refractivity (Wildman–Crippen MR) is 80.2 cm³/mol. The third-order valence-corrected chi connectivity index (χ3v) is 6.61. The van der Waals surface area contributed by atoms with Crippen LogP contribution in [0.15, 0.2) is 29.2 Å². The van der Waals surface area contributed by atoms with Gasteiger partial charge in [-0.1, -0.05) is 21.3 Å². The molecule has 0 fully saturated rings. The van der Waals surface area contributed by atoms with Crippen LogP contribution in [0.4, 0.5) is 9.59 Å². The molecule has 0 saturated heterocycles. The standard InChI is InChI=1S/C11H13NO6S3/c1-8-6-4-5-7-9(8)21(15,16)12(19-10(13)17-2)20-11(14)18-3/h4-7H,1-3H3. The van der Waals surface area contributed by atoms with Gasteiger partial charge in [0.2, 0.25) is 0 Å². The molecule has 10 heteroatoms. The second-order valence-corrected chi connectivity index (χ2v) is 7.77. The zero-order valence-electron chi connectivity index (χ0n) is 11.4. The summed E-state index contributed by atoms with van der Waals surface area (Å²) in [4.78, 5) is 22.6. The molecule has 7 nitrogen and oxygen atoms in total. The lowest BCUT2D eigenvalue weighted by molar-refractivity contribution is 0.200. The van der Waals surface area contributed by atoms with Crippen LogP contribution in [0, 0.1) is 6.92 Å². The number of hydrogen-bond acceptors (Lipinski definition) is 8. The van der Waals surface area contributed by atoms with E-state index in [1.165, 1.54) is 6.07 Å². The molecule has 0 saturated carbocycles. The summed E-state index contributed by atoms with van der Waals surface area (Å²) in [5, 5.41) is -1.74. The Labute approximate surface area is 131 Å². The van der Waals surface area contributed by atoms with Crippen molar-refractivity contribution >= 4 is 44.5 Å². The van der Waals surface area contributed by atoms with Crippen molar-refractivity contribution in [2.75, 3.05) is 14.2 Å². The Morgan fingerprint density at radius 1 is 1.05 bits per heavy atom. The van der Waals surface area contributed by atoms with Gasteiger partial charge in [0.15, 0.2) is 0 Å². The molecule has 0 heterocycles. The molecule has 0 aliphatic heterocycles. The number of rotatable bonds is 4. The molecule has 0 unspecified atom stereocenters. The van der Waals surface area contributed by atoms with Gasteiger partial charge in [-0.05, 0) is 18.6 Å². The highest BCUT2D eigenvalue weighted by Gasteiger charge is 2.33. The lowest BCUT2D eigenvalue weighted by Crippen LogP contribution is -2.22. The fourth-order valence-corrected chi connectivity index (χ4v) is 4.66. The Balaban J connectivity index is 3.19. The summed E-state index contributed by atoms with van der Waals surface area (Å²) >= 11 is 0.491. The van der Waals surface area contributed by atoms with Crippen molar-refractivity contribution in [1.82, 2.24) is 3.12 Å². The summed E-state index contributed by atoms with van der Waals surface area (Å²) in [5.74, 6) is 0. The number of nitrogens with zero attached hydrogens (tertiary/aromatic N) is 1. The van der Waals surface area contributed by atoms with E-state index in [9.17, 15) is 18.0 Å². The van der Waals surface area contributed by atoms with Crippen LogP contribution in [0.5, 0.6) is 0 Å². The summed E-state index contributed by atoms with van der Waals surface area (Å²) in [6, 6.07) is 6.22. The lowest BCUT2D eigenvalue weighted by Gasteiger charge is -2.17. The van der Waals surface area contributed by atoms with Crippen molar-refractivity contribution < 1.29 is 27.5 Å².